The van der Waals surface area contributed by atoms with Crippen LogP contribution in [-0.4, -0.2) is 38.0 Å². The Labute approximate surface area is 156 Å². The predicted molar refractivity (Wildman–Crippen MR) is 101 cm³/mol. The normalized spacial score (nSPS) is 14.8. The van der Waals surface area contributed by atoms with E-state index in [0.717, 1.165) is 29.9 Å². The summed E-state index contributed by atoms with van der Waals surface area (Å²) in [6.45, 7) is 5.96. The maximum absolute atomic E-state index is 5.22. The second kappa shape index (κ2) is 7.49. The third-order valence-corrected chi connectivity index (χ3v) is 5.36. The van der Waals surface area contributed by atoms with Crippen molar-refractivity contribution in [3.8, 4) is 5.69 Å². The van der Waals surface area contributed by atoms with Crippen molar-refractivity contribution in [2.24, 2.45) is 0 Å². The van der Waals surface area contributed by atoms with E-state index in [2.05, 4.69) is 61.0 Å². The molecule has 26 heavy (non-hydrogen) atoms. The molecule has 0 N–H and O–H groups in total. The van der Waals surface area contributed by atoms with E-state index in [9.17, 15) is 0 Å². The van der Waals surface area contributed by atoms with Gasteiger partial charge in [-0.05, 0) is 45.2 Å². The zero-order chi connectivity index (χ0) is 17.9. The minimum Gasteiger partial charge on any atom is -0.341 e. The quantitative estimate of drug-likeness (QED) is 0.636. The molecule has 136 valence electrons. The van der Waals surface area contributed by atoms with E-state index >= 15 is 0 Å². The Bertz CT molecular complexity index is 866. The lowest BCUT2D eigenvalue weighted by atomic mass is 10.1. The van der Waals surface area contributed by atoms with Crippen LogP contribution in [-0.2, 0) is 5.75 Å². The first kappa shape index (κ1) is 17.1. The summed E-state index contributed by atoms with van der Waals surface area (Å²) in [6, 6.07) is 8.47. The van der Waals surface area contributed by atoms with E-state index in [-0.39, 0.29) is 0 Å². The van der Waals surface area contributed by atoms with Crippen LogP contribution >= 0.6 is 11.8 Å². The molecule has 0 radical (unpaired) electrons. The SMILES string of the molecule is Cc1ccc(-n2c(SCc3nc(C)no3)nnc2N2CCCCC2)cc1. The highest BCUT2D eigenvalue weighted by Gasteiger charge is 2.22. The van der Waals surface area contributed by atoms with Crippen molar-refractivity contribution in [1.29, 1.82) is 0 Å². The summed E-state index contributed by atoms with van der Waals surface area (Å²) in [6.07, 6.45) is 3.68. The predicted octanol–water partition coefficient (Wildman–Crippen LogP) is 3.55. The Morgan fingerprint density at radius 2 is 1.81 bits per heavy atom. The van der Waals surface area contributed by atoms with Crippen LogP contribution < -0.4 is 4.90 Å². The molecule has 2 aromatic heterocycles. The first-order valence-corrected chi connectivity index (χ1v) is 9.88. The molecular weight excluding hydrogens is 348 g/mol. The summed E-state index contributed by atoms with van der Waals surface area (Å²) < 4.78 is 7.36. The van der Waals surface area contributed by atoms with E-state index in [1.165, 1.54) is 24.8 Å². The number of piperidine rings is 1. The maximum Gasteiger partial charge on any atom is 0.237 e. The molecule has 8 heteroatoms. The van der Waals surface area contributed by atoms with E-state index in [0.29, 0.717) is 17.5 Å². The summed E-state index contributed by atoms with van der Waals surface area (Å²) in [4.78, 5) is 6.60. The average Bonchev–Trinajstić information content (AvgIpc) is 3.27. The molecule has 0 unspecified atom stereocenters. The third-order valence-electron chi connectivity index (χ3n) is 4.44. The van der Waals surface area contributed by atoms with Crippen molar-refractivity contribution < 1.29 is 4.52 Å². The van der Waals surface area contributed by atoms with Crippen molar-refractivity contribution in [2.75, 3.05) is 18.0 Å². The lowest BCUT2D eigenvalue weighted by Crippen LogP contribution is -2.31. The van der Waals surface area contributed by atoms with Crippen molar-refractivity contribution in [1.82, 2.24) is 24.9 Å². The second-order valence-corrected chi connectivity index (χ2v) is 7.47. The van der Waals surface area contributed by atoms with E-state index in [1.807, 2.05) is 6.92 Å². The highest BCUT2D eigenvalue weighted by molar-refractivity contribution is 7.98. The molecule has 0 saturated carbocycles. The molecular formula is C18H22N6OS. The second-order valence-electron chi connectivity index (χ2n) is 6.53. The van der Waals surface area contributed by atoms with Crippen LogP contribution in [0.3, 0.4) is 0 Å². The van der Waals surface area contributed by atoms with Crippen molar-refractivity contribution in [3.63, 3.8) is 0 Å². The Balaban J connectivity index is 1.66. The van der Waals surface area contributed by atoms with Crippen LogP contribution in [0.1, 0.15) is 36.5 Å². The van der Waals surface area contributed by atoms with Gasteiger partial charge in [0.15, 0.2) is 11.0 Å². The maximum atomic E-state index is 5.22. The topological polar surface area (TPSA) is 72.9 Å². The van der Waals surface area contributed by atoms with Gasteiger partial charge < -0.3 is 9.42 Å². The van der Waals surface area contributed by atoms with Gasteiger partial charge in [-0.3, -0.25) is 4.57 Å². The van der Waals surface area contributed by atoms with E-state index < -0.39 is 0 Å². The lowest BCUT2D eigenvalue weighted by molar-refractivity contribution is 0.387. The van der Waals surface area contributed by atoms with Gasteiger partial charge in [-0.25, -0.2) is 0 Å². The van der Waals surface area contributed by atoms with Crippen molar-refractivity contribution in [2.45, 2.75) is 44.0 Å². The third kappa shape index (κ3) is 3.60. The number of aryl methyl sites for hydroxylation is 2. The van der Waals surface area contributed by atoms with Crippen LogP contribution in [0.2, 0.25) is 0 Å². The number of hydrogen-bond donors (Lipinski definition) is 0. The fourth-order valence-electron chi connectivity index (χ4n) is 3.10. The lowest BCUT2D eigenvalue weighted by Gasteiger charge is -2.27. The van der Waals surface area contributed by atoms with Gasteiger partial charge in [-0.2, -0.15) is 4.98 Å². The Hall–Kier alpha value is -2.35. The Morgan fingerprint density at radius 3 is 2.50 bits per heavy atom. The summed E-state index contributed by atoms with van der Waals surface area (Å²) >= 11 is 1.56. The molecule has 1 aromatic carbocycles. The number of anilines is 1. The average molecular weight is 370 g/mol. The van der Waals surface area contributed by atoms with Gasteiger partial charge in [0.1, 0.15) is 0 Å². The first-order chi connectivity index (χ1) is 12.7. The Morgan fingerprint density at radius 1 is 1.04 bits per heavy atom. The van der Waals surface area contributed by atoms with Crippen LogP contribution in [0.4, 0.5) is 5.95 Å². The van der Waals surface area contributed by atoms with Gasteiger partial charge in [-0.15, -0.1) is 10.2 Å². The summed E-state index contributed by atoms with van der Waals surface area (Å²) in [5.41, 5.74) is 2.31. The van der Waals surface area contributed by atoms with Gasteiger partial charge in [0.25, 0.3) is 0 Å². The molecule has 0 aliphatic carbocycles. The van der Waals surface area contributed by atoms with Crippen LogP contribution in [0.15, 0.2) is 33.9 Å². The molecule has 0 spiro atoms. The highest BCUT2D eigenvalue weighted by atomic mass is 32.2. The van der Waals surface area contributed by atoms with Crippen molar-refractivity contribution in [3.05, 3.63) is 41.5 Å². The molecule has 1 fully saturated rings. The summed E-state index contributed by atoms with van der Waals surface area (Å²) in [7, 11) is 0. The number of thioether (sulfide) groups is 1. The standard InChI is InChI=1S/C18H22N6OS/c1-13-6-8-15(9-7-13)24-17(23-10-4-3-5-11-23)20-21-18(24)26-12-16-19-14(2)22-25-16/h6-9H,3-5,10-12H2,1-2H3. The Kier molecular flexibility index (Phi) is 4.92. The fraction of sp³-hybridized carbons (Fsp3) is 0.444. The largest absolute Gasteiger partial charge is 0.341 e. The van der Waals surface area contributed by atoms with Crippen LogP contribution in [0.25, 0.3) is 5.69 Å². The molecule has 3 heterocycles. The fourth-order valence-corrected chi connectivity index (χ4v) is 3.88. The molecule has 0 amide bonds. The number of rotatable bonds is 5. The van der Waals surface area contributed by atoms with Gasteiger partial charge in [0, 0.05) is 13.1 Å². The summed E-state index contributed by atoms with van der Waals surface area (Å²) in [5.74, 6) is 2.74. The van der Waals surface area contributed by atoms with Gasteiger partial charge in [0.2, 0.25) is 11.8 Å². The molecule has 1 aliphatic rings. The smallest absolute Gasteiger partial charge is 0.237 e. The van der Waals surface area contributed by atoms with Crippen LogP contribution in [0, 0.1) is 13.8 Å². The zero-order valence-corrected chi connectivity index (χ0v) is 15.9. The number of aromatic nitrogens is 5. The minimum atomic E-state index is 0.574. The van der Waals surface area contributed by atoms with E-state index in [4.69, 9.17) is 4.52 Å². The van der Waals surface area contributed by atoms with Crippen LogP contribution in [0.5, 0.6) is 0 Å². The first-order valence-electron chi connectivity index (χ1n) is 8.90. The summed E-state index contributed by atoms with van der Waals surface area (Å²) in [5, 5.41) is 13.6. The van der Waals surface area contributed by atoms with Gasteiger partial charge >= 0.3 is 0 Å². The monoisotopic (exact) mass is 370 g/mol. The van der Waals surface area contributed by atoms with E-state index in [1.54, 1.807) is 11.8 Å². The molecule has 4 rings (SSSR count). The van der Waals surface area contributed by atoms with Gasteiger partial charge in [-0.1, -0.05) is 34.6 Å². The molecule has 0 atom stereocenters. The zero-order valence-electron chi connectivity index (χ0n) is 15.1. The number of hydrogen-bond acceptors (Lipinski definition) is 7. The molecule has 0 bridgehead atoms. The van der Waals surface area contributed by atoms with Crippen molar-refractivity contribution >= 4 is 17.7 Å². The highest BCUT2D eigenvalue weighted by Crippen LogP contribution is 2.29. The van der Waals surface area contributed by atoms with Gasteiger partial charge in [0.05, 0.1) is 11.4 Å². The molecule has 7 nitrogen and oxygen atoms in total. The molecule has 1 saturated heterocycles. The minimum absolute atomic E-state index is 0.574. The number of benzene rings is 1. The number of nitrogens with zero attached hydrogens (tertiary/aromatic N) is 6. The molecule has 3 aromatic rings. The molecule has 1 aliphatic heterocycles.